The largest absolute Gasteiger partial charge is 0.253 e. The van der Waals surface area contributed by atoms with E-state index in [-0.39, 0.29) is 0 Å². The monoisotopic (exact) mass is 310 g/mol. The molecule has 0 aliphatic carbocycles. The highest BCUT2D eigenvalue weighted by Crippen LogP contribution is 2.17. The Morgan fingerprint density at radius 1 is 1.09 bits per heavy atom. The summed E-state index contributed by atoms with van der Waals surface area (Å²) in [4.78, 5) is 8.59. The van der Waals surface area contributed by atoms with Crippen molar-refractivity contribution in [2.75, 3.05) is 6.26 Å². The average Bonchev–Trinajstić information content (AvgIpc) is 2.97. The number of rotatable bonds is 4. The second-order valence-electron chi connectivity index (χ2n) is 5.33. The molecule has 3 rings (SSSR count). The lowest BCUT2D eigenvalue weighted by atomic mass is 10.0. The number of benzene rings is 1. The molecule has 2 aromatic heterocycles. The van der Waals surface area contributed by atoms with E-state index < -0.39 is 0 Å². The summed E-state index contributed by atoms with van der Waals surface area (Å²) in [5, 5.41) is 5.17. The highest BCUT2D eigenvalue weighted by molar-refractivity contribution is 7.98. The van der Waals surface area contributed by atoms with Crippen LogP contribution in [0.25, 0.3) is 17.9 Å². The van der Waals surface area contributed by atoms with E-state index in [0.29, 0.717) is 11.7 Å². The first kappa shape index (κ1) is 14.8. The maximum absolute atomic E-state index is 4.44. The second-order valence-corrected chi connectivity index (χ2v) is 6.11. The summed E-state index contributed by atoms with van der Waals surface area (Å²) in [5.41, 5.74) is 3.48. The summed E-state index contributed by atoms with van der Waals surface area (Å²) in [5.74, 6) is 1.18. The number of nitrogens with zero attached hydrogens (tertiary/aromatic N) is 4. The van der Waals surface area contributed by atoms with Gasteiger partial charge in [0.2, 0.25) is 5.16 Å². The summed E-state index contributed by atoms with van der Waals surface area (Å²) >= 11 is 1.51. The maximum atomic E-state index is 4.44. The quantitative estimate of drug-likeness (QED) is 0.679. The molecule has 0 unspecified atom stereocenters. The normalized spacial score (nSPS) is 11.8. The molecule has 0 amide bonds. The molecule has 0 atom stereocenters. The van der Waals surface area contributed by atoms with Crippen molar-refractivity contribution in [3.63, 3.8) is 0 Å². The van der Waals surface area contributed by atoms with Crippen LogP contribution in [-0.4, -0.2) is 25.8 Å². The van der Waals surface area contributed by atoms with Crippen molar-refractivity contribution >= 4 is 29.7 Å². The van der Waals surface area contributed by atoms with Gasteiger partial charge < -0.3 is 0 Å². The lowest BCUT2D eigenvalue weighted by Crippen LogP contribution is -1.94. The van der Waals surface area contributed by atoms with Gasteiger partial charge in [0.15, 0.2) is 0 Å². The molecule has 4 nitrogen and oxygen atoms in total. The first-order valence-corrected chi connectivity index (χ1v) is 8.43. The molecule has 0 radical (unpaired) electrons. The van der Waals surface area contributed by atoms with E-state index in [9.17, 15) is 0 Å². The highest BCUT2D eigenvalue weighted by atomic mass is 32.2. The molecule has 112 valence electrons. The molecule has 3 aromatic rings. The van der Waals surface area contributed by atoms with Gasteiger partial charge in [-0.25, -0.2) is 4.98 Å². The molecule has 0 N–H and O–H groups in total. The minimum Gasteiger partial charge on any atom is -0.220 e. The van der Waals surface area contributed by atoms with Crippen LogP contribution in [0.5, 0.6) is 0 Å². The third kappa shape index (κ3) is 3.04. The first-order chi connectivity index (χ1) is 10.7. The third-order valence-corrected chi connectivity index (χ3v) is 4.02. The number of hydrogen-bond acceptors (Lipinski definition) is 4. The van der Waals surface area contributed by atoms with Crippen LogP contribution in [0.15, 0.2) is 41.7 Å². The molecule has 22 heavy (non-hydrogen) atoms. The number of fused-ring (bicyclic) bond motifs is 1. The van der Waals surface area contributed by atoms with Crippen molar-refractivity contribution in [1.29, 1.82) is 0 Å². The van der Waals surface area contributed by atoms with Gasteiger partial charge in [0.25, 0.3) is 5.78 Å². The van der Waals surface area contributed by atoms with Crippen LogP contribution >= 0.6 is 11.8 Å². The van der Waals surface area contributed by atoms with Gasteiger partial charge in [-0.15, -0.1) is 5.10 Å². The molecule has 0 fully saturated rings. The Morgan fingerprint density at radius 3 is 2.55 bits per heavy atom. The van der Waals surface area contributed by atoms with Gasteiger partial charge in [-0.3, -0.25) is 0 Å². The topological polar surface area (TPSA) is 43.1 Å². The molecule has 2 heterocycles. The highest BCUT2D eigenvalue weighted by Gasteiger charge is 2.05. The van der Waals surface area contributed by atoms with Gasteiger partial charge in [-0.2, -0.15) is 9.50 Å². The fraction of sp³-hybridized carbons (Fsp3) is 0.235. The third-order valence-electron chi connectivity index (χ3n) is 3.48. The van der Waals surface area contributed by atoms with Gasteiger partial charge in [-0.1, -0.05) is 56.0 Å². The van der Waals surface area contributed by atoms with Crippen molar-refractivity contribution in [2.24, 2.45) is 0 Å². The van der Waals surface area contributed by atoms with Crippen molar-refractivity contribution in [3.8, 4) is 0 Å². The van der Waals surface area contributed by atoms with Crippen molar-refractivity contribution < 1.29 is 0 Å². The molecular formula is C17H18N4S. The van der Waals surface area contributed by atoms with Crippen LogP contribution < -0.4 is 0 Å². The molecule has 0 saturated carbocycles. The lowest BCUT2D eigenvalue weighted by Gasteiger charge is -2.04. The van der Waals surface area contributed by atoms with Crippen LogP contribution in [0.1, 0.15) is 36.6 Å². The van der Waals surface area contributed by atoms with Gasteiger partial charge in [0.1, 0.15) is 0 Å². The smallest absolute Gasteiger partial charge is 0.220 e. The van der Waals surface area contributed by atoms with Gasteiger partial charge >= 0.3 is 0 Å². The van der Waals surface area contributed by atoms with Crippen molar-refractivity contribution in [3.05, 3.63) is 53.3 Å². The number of thioether (sulfide) groups is 1. The fourth-order valence-corrected chi connectivity index (χ4v) is 2.52. The van der Waals surface area contributed by atoms with Crippen LogP contribution in [0.2, 0.25) is 0 Å². The van der Waals surface area contributed by atoms with E-state index in [4.69, 9.17) is 0 Å². The molecule has 0 aliphatic heterocycles. The van der Waals surface area contributed by atoms with E-state index in [0.717, 1.165) is 10.9 Å². The second kappa shape index (κ2) is 6.32. The van der Waals surface area contributed by atoms with Crippen LogP contribution in [0, 0.1) is 0 Å². The van der Waals surface area contributed by atoms with Gasteiger partial charge in [0, 0.05) is 6.20 Å². The van der Waals surface area contributed by atoms with E-state index in [1.807, 2.05) is 18.4 Å². The zero-order chi connectivity index (χ0) is 15.5. The van der Waals surface area contributed by atoms with Crippen molar-refractivity contribution in [2.45, 2.75) is 24.9 Å². The first-order valence-electron chi connectivity index (χ1n) is 7.21. The Bertz CT molecular complexity index is 803. The zero-order valence-corrected chi connectivity index (χ0v) is 13.7. The maximum Gasteiger partial charge on any atom is 0.253 e. The molecule has 0 bridgehead atoms. The Morgan fingerprint density at radius 2 is 1.86 bits per heavy atom. The average molecular weight is 310 g/mol. The Kier molecular flexibility index (Phi) is 4.24. The van der Waals surface area contributed by atoms with E-state index in [2.05, 4.69) is 59.3 Å². The molecule has 5 heteroatoms. The lowest BCUT2D eigenvalue weighted by molar-refractivity contribution is 0.866. The van der Waals surface area contributed by atoms with Crippen LogP contribution in [-0.2, 0) is 0 Å². The van der Waals surface area contributed by atoms with E-state index in [1.165, 1.54) is 22.9 Å². The fourth-order valence-electron chi connectivity index (χ4n) is 2.18. The molecule has 1 aromatic carbocycles. The van der Waals surface area contributed by atoms with Gasteiger partial charge in [0.05, 0.1) is 5.69 Å². The summed E-state index contributed by atoms with van der Waals surface area (Å²) < 4.78 is 1.77. The summed E-state index contributed by atoms with van der Waals surface area (Å²) in [6.45, 7) is 4.40. The SMILES string of the molecule is CSc1nc2nccc(/C=C/c3ccc(C(C)C)cc3)n2n1. The standard InChI is InChI=1S/C17H18N4S/c1-12(2)14-7-4-13(5-8-14)6-9-15-10-11-18-16-19-17(22-3)20-21(15)16/h4-12H,1-3H3/b9-6+. The van der Waals surface area contributed by atoms with Crippen molar-refractivity contribution in [1.82, 2.24) is 19.6 Å². The Hall–Kier alpha value is -2.14. The predicted octanol–water partition coefficient (Wildman–Crippen LogP) is 4.14. The molecular weight excluding hydrogens is 292 g/mol. The number of aromatic nitrogens is 4. The predicted molar refractivity (Wildman–Crippen MR) is 92.0 cm³/mol. The van der Waals surface area contributed by atoms with Gasteiger partial charge in [-0.05, 0) is 35.4 Å². The van der Waals surface area contributed by atoms with Crippen LogP contribution in [0.3, 0.4) is 0 Å². The molecule has 0 aliphatic rings. The van der Waals surface area contributed by atoms with Crippen LogP contribution in [0.4, 0.5) is 0 Å². The summed E-state index contributed by atoms with van der Waals surface area (Å²) in [6, 6.07) is 10.6. The Balaban J connectivity index is 1.90. The Labute approximate surface area is 134 Å². The van der Waals surface area contributed by atoms with E-state index >= 15 is 0 Å². The zero-order valence-electron chi connectivity index (χ0n) is 12.9. The molecule has 0 saturated heterocycles. The minimum atomic E-state index is 0.554. The molecule has 0 spiro atoms. The summed E-state index contributed by atoms with van der Waals surface area (Å²) in [7, 11) is 0. The summed E-state index contributed by atoms with van der Waals surface area (Å²) in [6.07, 6.45) is 7.84. The van der Waals surface area contributed by atoms with E-state index in [1.54, 1.807) is 10.7 Å². The minimum absolute atomic E-state index is 0.554. The number of hydrogen-bond donors (Lipinski definition) is 0.